The molecule has 0 saturated heterocycles. The van der Waals surface area contributed by atoms with Crippen LogP contribution in [-0.4, -0.2) is 34.5 Å². The molecule has 96 valence electrons. The Kier molecular flexibility index (Phi) is 4.61. The van der Waals surface area contributed by atoms with Gasteiger partial charge in [0.2, 0.25) is 0 Å². The van der Waals surface area contributed by atoms with E-state index in [1.165, 1.54) is 0 Å². The predicted octanol–water partition coefficient (Wildman–Crippen LogP) is 0.431. The number of hydrogen-bond acceptors (Lipinski definition) is 6. The van der Waals surface area contributed by atoms with Gasteiger partial charge < -0.3 is 14.3 Å². The van der Waals surface area contributed by atoms with Crippen LogP contribution in [0.2, 0.25) is 0 Å². The fourth-order valence-corrected chi connectivity index (χ4v) is 0.924. The highest BCUT2D eigenvalue weighted by atomic mass is 16.5. The van der Waals surface area contributed by atoms with Crippen molar-refractivity contribution in [2.24, 2.45) is 0 Å². The van der Waals surface area contributed by atoms with E-state index in [-0.39, 0.29) is 18.3 Å². The van der Waals surface area contributed by atoms with E-state index < -0.39 is 17.8 Å². The Morgan fingerprint density at radius 2 is 2.22 bits per heavy atom. The number of esters is 1. The molecule has 1 rings (SSSR count). The van der Waals surface area contributed by atoms with Gasteiger partial charge in [0, 0.05) is 12.2 Å². The zero-order chi connectivity index (χ0) is 13.5. The number of amides is 1. The molecule has 0 aliphatic heterocycles. The van der Waals surface area contributed by atoms with Gasteiger partial charge in [-0.3, -0.25) is 10.1 Å². The van der Waals surface area contributed by atoms with Gasteiger partial charge in [-0.2, -0.15) is 4.98 Å². The van der Waals surface area contributed by atoms with E-state index in [1.807, 2.05) is 0 Å². The third kappa shape index (κ3) is 4.08. The van der Waals surface area contributed by atoms with Gasteiger partial charge in [-0.25, -0.2) is 9.59 Å². The summed E-state index contributed by atoms with van der Waals surface area (Å²) in [6, 6.07) is -0.224. The number of anilines is 1. The van der Waals surface area contributed by atoms with Crippen LogP contribution in [0.5, 0.6) is 0 Å². The fraction of sp³-hybridized carbons (Fsp3) is 0.200. The average Bonchev–Trinajstić information content (AvgIpc) is 2.75. The summed E-state index contributed by atoms with van der Waals surface area (Å²) in [4.78, 5) is 36.1. The van der Waals surface area contributed by atoms with E-state index in [9.17, 15) is 14.4 Å². The summed E-state index contributed by atoms with van der Waals surface area (Å²) >= 11 is 0. The van der Waals surface area contributed by atoms with Crippen LogP contribution in [0.25, 0.3) is 0 Å². The molecule has 0 atom stereocenters. The number of carboxylic acid groups (broad SMARTS) is 1. The van der Waals surface area contributed by atoms with E-state index in [4.69, 9.17) is 9.52 Å². The number of carboxylic acids is 1. The van der Waals surface area contributed by atoms with Crippen molar-refractivity contribution in [3.05, 3.63) is 24.1 Å². The van der Waals surface area contributed by atoms with Gasteiger partial charge in [0.15, 0.2) is 5.69 Å². The summed E-state index contributed by atoms with van der Waals surface area (Å²) in [7, 11) is 0. The molecule has 0 aromatic carbocycles. The van der Waals surface area contributed by atoms with Gasteiger partial charge in [0.25, 0.3) is 5.91 Å². The van der Waals surface area contributed by atoms with Crippen LogP contribution < -0.4 is 5.32 Å². The molecular formula is C10H10N2O6. The van der Waals surface area contributed by atoms with Crippen LogP contribution in [0, 0.1) is 0 Å². The van der Waals surface area contributed by atoms with Crippen LogP contribution in [0.15, 0.2) is 22.8 Å². The summed E-state index contributed by atoms with van der Waals surface area (Å²) in [6.45, 7) is 1.83. The van der Waals surface area contributed by atoms with Crippen LogP contribution in [0.1, 0.15) is 17.4 Å². The minimum Gasteiger partial charge on any atom is -0.478 e. The van der Waals surface area contributed by atoms with Gasteiger partial charge in [-0.1, -0.05) is 0 Å². The maximum Gasteiger partial charge on any atom is 0.360 e. The average molecular weight is 254 g/mol. The molecule has 1 heterocycles. The number of rotatable bonds is 5. The number of hydrogen-bond donors (Lipinski definition) is 2. The lowest BCUT2D eigenvalue weighted by molar-refractivity contribution is -0.131. The van der Waals surface area contributed by atoms with E-state index in [1.54, 1.807) is 6.92 Å². The number of carbonyl (C=O) groups is 3. The third-order valence-corrected chi connectivity index (χ3v) is 1.60. The zero-order valence-electron chi connectivity index (χ0n) is 9.37. The highest BCUT2D eigenvalue weighted by molar-refractivity contribution is 6.01. The summed E-state index contributed by atoms with van der Waals surface area (Å²) in [5, 5.41) is 10.4. The number of carbonyl (C=O) groups excluding carboxylic acids is 2. The first-order chi connectivity index (χ1) is 8.52. The zero-order valence-corrected chi connectivity index (χ0v) is 9.37. The lowest BCUT2D eigenvalue weighted by Gasteiger charge is -1.95. The van der Waals surface area contributed by atoms with Crippen molar-refractivity contribution in [3.63, 3.8) is 0 Å². The van der Waals surface area contributed by atoms with Gasteiger partial charge in [0.05, 0.1) is 6.61 Å². The van der Waals surface area contributed by atoms with Gasteiger partial charge in [0.1, 0.15) is 6.26 Å². The highest BCUT2D eigenvalue weighted by Crippen LogP contribution is 2.08. The molecule has 0 aliphatic rings. The molecular weight excluding hydrogens is 244 g/mol. The van der Waals surface area contributed by atoms with Crippen LogP contribution in [-0.2, 0) is 14.3 Å². The SMILES string of the molecule is CCOC(=O)c1coc(NC(=O)/C=C/C(=O)O)n1. The minimum atomic E-state index is -1.26. The maximum absolute atomic E-state index is 11.2. The summed E-state index contributed by atoms with van der Waals surface area (Å²) in [6.07, 6.45) is 2.47. The van der Waals surface area contributed by atoms with Crippen molar-refractivity contribution in [2.45, 2.75) is 6.92 Å². The number of aromatic nitrogens is 1. The number of oxazole rings is 1. The monoisotopic (exact) mass is 254 g/mol. The van der Waals surface area contributed by atoms with E-state index in [2.05, 4.69) is 15.0 Å². The van der Waals surface area contributed by atoms with Crippen molar-refractivity contribution in [1.29, 1.82) is 0 Å². The molecule has 0 fully saturated rings. The first-order valence-electron chi connectivity index (χ1n) is 4.87. The van der Waals surface area contributed by atoms with Crippen molar-refractivity contribution in [2.75, 3.05) is 11.9 Å². The Balaban J connectivity index is 2.61. The third-order valence-electron chi connectivity index (χ3n) is 1.60. The molecule has 0 bridgehead atoms. The highest BCUT2D eigenvalue weighted by Gasteiger charge is 2.13. The molecule has 1 aromatic heterocycles. The molecule has 1 aromatic rings. The predicted molar refractivity (Wildman–Crippen MR) is 57.9 cm³/mol. The molecule has 1 amide bonds. The second-order valence-corrected chi connectivity index (χ2v) is 2.92. The summed E-state index contributed by atoms with van der Waals surface area (Å²) < 4.78 is 9.44. The van der Waals surface area contributed by atoms with E-state index in [0.717, 1.165) is 12.3 Å². The number of ether oxygens (including phenoxy) is 1. The fourth-order valence-electron chi connectivity index (χ4n) is 0.924. The second kappa shape index (κ2) is 6.18. The molecule has 0 radical (unpaired) electrons. The Hall–Kier alpha value is -2.64. The molecule has 8 heteroatoms. The normalized spacial score (nSPS) is 10.3. The summed E-state index contributed by atoms with van der Waals surface area (Å²) in [5.74, 6) is -2.68. The quantitative estimate of drug-likeness (QED) is 0.577. The largest absolute Gasteiger partial charge is 0.478 e. The standard InChI is InChI=1S/C10H10N2O6/c1-2-17-9(16)6-5-18-10(11-6)12-7(13)3-4-8(14)15/h3-5H,2H2,1H3,(H,14,15)(H,11,12,13)/b4-3+. The Labute approximate surface area is 101 Å². The van der Waals surface area contributed by atoms with Gasteiger partial charge in [-0.15, -0.1) is 0 Å². The lowest BCUT2D eigenvalue weighted by atomic mass is 10.5. The molecule has 0 spiro atoms. The van der Waals surface area contributed by atoms with Crippen LogP contribution >= 0.6 is 0 Å². The van der Waals surface area contributed by atoms with Crippen molar-refractivity contribution >= 4 is 23.9 Å². The molecule has 8 nitrogen and oxygen atoms in total. The molecule has 2 N–H and O–H groups in total. The molecule has 0 aliphatic carbocycles. The van der Waals surface area contributed by atoms with E-state index >= 15 is 0 Å². The molecule has 0 unspecified atom stereocenters. The Morgan fingerprint density at radius 3 is 2.83 bits per heavy atom. The van der Waals surface area contributed by atoms with Crippen molar-refractivity contribution in [1.82, 2.24) is 4.98 Å². The first kappa shape index (κ1) is 13.4. The van der Waals surface area contributed by atoms with Gasteiger partial charge in [-0.05, 0) is 6.92 Å². The lowest BCUT2D eigenvalue weighted by Crippen LogP contribution is -2.10. The van der Waals surface area contributed by atoms with Gasteiger partial charge >= 0.3 is 18.0 Å². The summed E-state index contributed by atoms with van der Waals surface area (Å²) in [5.41, 5.74) is -0.0886. The Bertz CT molecular complexity index is 490. The molecule has 0 saturated carbocycles. The van der Waals surface area contributed by atoms with Crippen molar-refractivity contribution < 1.29 is 28.6 Å². The van der Waals surface area contributed by atoms with Crippen molar-refractivity contribution in [3.8, 4) is 0 Å². The van der Waals surface area contributed by atoms with E-state index in [0.29, 0.717) is 6.08 Å². The van der Waals surface area contributed by atoms with Crippen LogP contribution in [0.4, 0.5) is 6.01 Å². The second-order valence-electron chi connectivity index (χ2n) is 2.92. The number of aliphatic carboxylic acids is 1. The number of nitrogens with one attached hydrogen (secondary N) is 1. The Morgan fingerprint density at radius 1 is 1.50 bits per heavy atom. The van der Waals surface area contributed by atoms with Crippen LogP contribution in [0.3, 0.4) is 0 Å². The smallest absolute Gasteiger partial charge is 0.360 e. The number of nitrogens with zero attached hydrogens (tertiary/aromatic N) is 1. The first-order valence-corrected chi connectivity index (χ1v) is 4.87. The maximum atomic E-state index is 11.2. The molecule has 18 heavy (non-hydrogen) atoms. The topological polar surface area (TPSA) is 119 Å². The minimum absolute atomic E-state index is 0.0886.